The Balaban J connectivity index is 1.37. The highest BCUT2D eigenvalue weighted by atomic mass is 79.9. The minimum Gasteiger partial charge on any atom is -0.449 e. The third-order valence-electron chi connectivity index (χ3n) is 5.02. The van der Waals surface area contributed by atoms with Gasteiger partial charge >= 0.3 is 6.09 Å². The van der Waals surface area contributed by atoms with Gasteiger partial charge in [0.2, 0.25) is 0 Å². The summed E-state index contributed by atoms with van der Waals surface area (Å²) in [4.78, 5) is 12.2. The van der Waals surface area contributed by atoms with Crippen molar-refractivity contribution in [3.8, 4) is 11.1 Å². The zero-order valence-corrected chi connectivity index (χ0v) is 16.7. The van der Waals surface area contributed by atoms with Gasteiger partial charge < -0.3 is 15.2 Å². The zero-order valence-electron chi connectivity index (χ0n) is 15.1. The van der Waals surface area contributed by atoms with Crippen LogP contribution in [0, 0.1) is 0 Å². The molecule has 3 aromatic carbocycles. The highest BCUT2D eigenvalue weighted by Crippen LogP contribution is 2.44. The van der Waals surface area contributed by atoms with Crippen LogP contribution in [0.2, 0.25) is 0 Å². The summed E-state index contributed by atoms with van der Waals surface area (Å²) in [5.41, 5.74) is 5.46. The molecule has 2 N–H and O–H groups in total. The molecular formula is C23H20BrNO3. The van der Waals surface area contributed by atoms with Crippen molar-refractivity contribution >= 4 is 22.0 Å². The van der Waals surface area contributed by atoms with Gasteiger partial charge in [-0.15, -0.1) is 0 Å². The Bertz CT molecular complexity index is 959. The second-order valence-electron chi connectivity index (χ2n) is 6.78. The molecule has 28 heavy (non-hydrogen) atoms. The topological polar surface area (TPSA) is 58.6 Å². The van der Waals surface area contributed by atoms with E-state index < -0.39 is 12.2 Å². The number of amides is 1. The van der Waals surface area contributed by atoms with Crippen molar-refractivity contribution in [3.05, 3.63) is 94.0 Å². The summed E-state index contributed by atoms with van der Waals surface area (Å²) < 4.78 is 6.36. The van der Waals surface area contributed by atoms with Gasteiger partial charge in [0, 0.05) is 10.4 Å². The second kappa shape index (κ2) is 8.17. The van der Waals surface area contributed by atoms with Crippen LogP contribution in [0.1, 0.15) is 28.7 Å². The third kappa shape index (κ3) is 3.81. The number of hydrogen-bond acceptors (Lipinski definition) is 3. The fraction of sp³-hybridized carbons (Fsp3) is 0.174. The van der Waals surface area contributed by atoms with Crippen molar-refractivity contribution in [1.82, 2.24) is 5.32 Å². The molecule has 4 rings (SSSR count). The Morgan fingerprint density at radius 1 is 1.00 bits per heavy atom. The first-order chi connectivity index (χ1) is 13.6. The Morgan fingerprint density at radius 3 is 2.29 bits per heavy atom. The van der Waals surface area contributed by atoms with E-state index in [2.05, 4.69) is 45.5 Å². The number of halogens is 1. The smallest absolute Gasteiger partial charge is 0.407 e. The van der Waals surface area contributed by atoms with E-state index in [1.54, 1.807) is 0 Å². The van der Waals surface area contributed by atoms with Crippen LogP contribution >= 0.6 is 15.9 Å². The van der Waals surface area contributed by atoms with E-state index >= 15 is 0 Å². The number of aliphatic hydroxyl groups excluding tert-OH is 1. The monoisotopic (exact) mass is 437 g/mol. The number of hydrogen-bond donors (Lipinski definition) is 2. The summed E-state index contributed by atoms with van der Waals surface area (Å²) in [6.07, 6.45) is -1.33. The van der Waals surface area contributed by atoms with E-state index in [-0.39, 0.29) is 19.1 Å². The normalized spacial score (nSPS) is 13.5. The third-order valence-corrected chi connectivity index (χ3v) is 5.51. The van der Waals surface area contributed by atoms with Crippen LogP contribution in [0.25, 0.3) is 11.1 Å². The van der Waals surface area contributed by atoms with Crippen molar-refractivity contribution in [2.45, 2.75) is 12.0 Å². The number of carbonyl (C=O) groups is 1. The lowest BCUT2D eigenvalue weighted by atomic mass is 9.98. The average molecular weight is 438 g/mol. The minimum absolute atomic E-state index is 0.0214. The minimum atomic E-state index is -0.794. The molecule has 0 bridgehead atoms. The van der Waals surface area contributed by atoms with Gasteiger partial charge in [-0.3, -0.25) is 0 Å². The lowest BCUT2D eigenvalue weighted by molar-refractivity contribution is 0.128. The lowest BCUT2D eigenvalue weighted by Crippen LogP contribution is -2.30. The Hall–Kier alpha value is -2.63. The summed E-state index contributed by atoms with van der Waals surface area (Å²) in [5, 5.41) is 12.9. The standard InChI is InChI=1S/C23H20BrNO3/c24-16-7-5-6-15(12-16)22(26)13-25-23(27)28-14-21-19-10-3-1-8-17(19)18-9-2-4-11-20(18)21/h1-12,21-22,26H,13-14H2,(H,25,27)/t22-/m0/s1. The number of nitrogens with one attached hydrogen (secondary N) is 1. The molecule has 0 spiro atoms. The van der Waals surface area contributed by atoms with Crippen LogP contribution in [0.4, 0.5) is 4.79 Å². The Morgan fingerprint density at radius 2 is 1.64 bits per heavy atom. The molecule has 4 nitrogen and oxygen atoms in total. The highest BCUT2D eigenvalue weighted by Gasteiger charge is 2.29. The maximum atomic E-state index is 12.2. The number of rotatable bonds is 5. The van der Waals surface area contributed by atoms with Gasteiger partial charge in [-0.25, -0.2) is 4.79 Å². The zero-order chi connectivity index (χ0) is 19.5. The highest BCUT2D eigenvalue weighted by molar-refractivity contribution is 9.10. The van der Waals surface area contributed by atoms with E-state index in [0.717, 1.165) is 10.0 Å². The van der Waals surface area contributed by atoms with E-state index in [4.69, 9.17) is 4.74 Å². The molecule has 1 aliphatic carbocycles. The van der Waals surface area contributed by atoms with Crippen LogP contribution in [0.3, 0.4) is 0 Å². The number of aliphatic hydroxyl groups is 1. The molecule has 0 aliphatic heterocycles. The van der Waals surface area contributed by atoms with Crippen LogP contribution < -0.4 is 5.32 Å². The number of benzene rings is 3. The first-order valence-electron chi connectivity index (χ1n) is 9.16. The molecule has 0 heterocycles. The summed E-state index contributed by atoms with van der Waals surface area (Å²) in [6.45, 7) is 0.347. The number of fused-ring (bicyclic) bond motifs is 3. The lowest BCUT2D eigenvalue weighted by Gasteiger charge is -2.16. The molecule has 0 unspecified atom stereocenters. The molecule has 0 aromatic heterocycles. The van der Waals surface area contributed by atoms with Gasteiger partial charge in [-0.2, -0.15) is 0 Å². The van der Waals surface area contributed by atoms with Gasteiger partial charge in [0.15, 0.2) is 0 Å². The molecule has 1 amide bonds. The predicted molar refractivity (Wildman–Crippen MR) is 112 cm³/mol. The maximum Gasteiger partial charge on any atom is 0.407 e. The SMILES string of the molecule is O=C(NC[C@H](O)c1cccc(Br)c1)OCC1c2ccccc2-c2ccccc21. The molecule has 0 fully saturated rings. The van der Waals surface area contributed by atoms with Gasteiger partial charge in [-0.05, 0) is 39.9 Å². The Labute approximate surface area is 172 Å². The maximum absolute atomic E-state index is 12.2. The Kier molecular flexibility index (Phi) is 5.46. The van der Waals surface area contributed by atoms with Gasteiger partial charge in [0.1, 0.15) is 6.61 Å². The van der Waals surface area contributed by atoms with Crippen LogP contribution in [-0.4, -0.2) is 24.4 Å². The van der Waals surface area contributed by atoms with Crippen molar-refractivity contribution in [2.75, 3.05) is 13.2 Å². The number of carbonyl (C=O) groups excluding carboxylic acids is 1. The number of ether oxygens (including phenoxy) is 1. The summed E-state index contributed by atoms with van der Waals surface area (Å²) in [5.74, 6) is 0.0214. The number of alkyl carbamates (subject to hydrolysis) is 1. The quantitative estimate of drug-likeness (QED) is 0.588. The molecule has 1 atom stereocenters. The van der Waals surface area contributed by atoms with E-state index in [0.29, 0.717) is 0 Å². The molecule has 1 aliphatic rings. The van der Waals surface area contributed by atoms with Crippen LogP contribution in [0.5, 0.6) is 0 Å². The largest absolute Gasteiger partial charge is 0.449 e. The van der Waals surface area contributed by atoms with Crippen molar-refractivity contribution in [1.29, 1.82) is 0 Å². The van der Waals surface area contributed by atoms with E-state index in [1.807, 2.05) is 48.5 Å². The van der Waals surface area contributed by atoms with Crippen molar-refractivity contribution in [2.24, 2.45) is 0 Å². The first kappa shape index (κ1) is 18.7. The predicted octanol–water partition coefficient (Wildman–Crippen LogP) is 5.02. The van der Waals surface area contributed by atoms with Crippen molar-refractivity contribution < 1.29 is 14.6 Å². The van der Waals surface area contributed by atoms with E-state index in [1.165, 1.54) is 22.3 Å². The van der Waals surface area contributed by atoms with Crippen molar-refractivity contribution in [3.63, 3.8) is 0 Å². The fourth-order valence-electron chi connectivity index (χ4n) is 3.66. The molecule has 5 heteroatoms. The van der Waals surface area contributed by atoms with E-state index in [9.17, 15) is 9.90 Å². The summed E-state index contributed by atoms with van der Waals surface area (Å²) >= 11 is 3.38. The van der Waals surface area contributed by atoms with Gasteiger partial charge in [0.25, 0.3) is 0 Å². The molecule has 0 radical (unpaired) electrons. The second-order valence-corrected chi connectivity index (χ2v) is 7.69. The van der Waals surface area contributed by atoms with Crippen LogP contribution in [0.15, 0.2) is 77.3 Å². The first-order valence-corrected chi connectivity index (χ1v) is 9.95. The average Bonchev–Trinajstić information content (AvgIpc) is 3.04. The molecule has 0 saturated heterocycles. The van der Waals surface area contributed by atoms with Gasteiger partial charge in [0.05, 0.1) is 12.6 Å². The molecule has 142 valence electrons. The summed E-state index contributed by atoms with van der Waals surface area (Å²) in [7, 11) is 0. The van der Waals surface area contributed by atoms with Crippen LogP contribution in [-0.2, 0) is 4.74 Å². The fourth-order valence-corrected chi connectivity index (χ4v) is 4.08. The molecular weight excluding hydrogens is 418 g/mol. The molecule has 3 aromatic rings. The molecule has 0 saturated carbocycles. The summed E-state index contributed by atoms with van der Waals surface area (Å²) in [6, 6.07) is 23.8. The van der Waals surface area contributed by atoms with Gasteiger partial charge in [-0.1, -0.05) is 76.6 Å².